The smallest absolute Gasteiger partial charge is 0.197 e. The summed E-state index contributed by atoms with van der Waals surface area (Å²) in [5.41, 5.74) is 2.74. The molecule has 3 aromatic heterocycles. The van der Waals surface area contributed by atoms with E-state index in [9.17, 15) is 0 Å². The van der Waals surface area contributed by atoms with Crippen LogP contribution in [0.15, 0.2) is 38.8 Å². The molecule has 1 aliphatic rings. The molecule has 8 heteroatoms. The van der Waals surface area contributed by atoms with E-state index in [4.69, 9.17) is 4.42 Å². The highest BCUT2D eigenvalue weighted by atomic mass is 32.1. The average molecular weight is 331 g/mol. The van der Waals surface area contributed by atoms with Crippen LogP contribution in [-0.4, -0.2) is 29.0 Å². The highest BCUT2D eigenvalue weighted by Crippen LogP contribution is 2.30. The summed E-state index contributed by atoms with van der Waals surface area (Å²) < 4.78 is 5.10. The largest absolute Gasteiger partial charge is 0.472 e. The summed E-state index contributed by atoms with van der Waals surface area (Å²) >= 11 is 3.13. The standard InChI is InChI=1S/C14H13N5OS2/c1-3-15-13(16-4-1)19-14-18-11(8-22-14)10-7-21-12(17-10)9-2-5-20-6-9/h2,5-8H,1,3-4H2,(H2,15,16,18,19). The third-order valence-electron chi connectivity index (χ3n) is 3.16. The normalized spacial score (nSPS) is 14.5. The fraction of sp³-hybridized carbons (Fsp3) is 0.214. The van der Waals surface area contributed by atoms with Gasteiger partial charge in [0.1, 0.15) is 22.7 Å². The summed E-state index contributed by atoms with van der Waals surface area (Å²) in [6, 6.07) is 1.91. The molecule has 0 aromatic carbocycles. The molecule has 0 unspecified atom stereocenters. The Morgan fingerprint density at radius 3 is 2.91 bits per heavy atom. The molecule has 0 aliphatic carbocycles. The van der Waals surface area contributed by atoms with Gasteiger partial charge in [0.2, 0.25) is 0 Å². The monoisotopic (exact) mass is 331 g/mol. The minimum atomic E-state index is 0.796. The van der Waals surface area contributed by atoms with Crippen molar-refractivity contribution in [2.24, 2.45) is 4.99 Å². The van der Waals surface area contributed by atoms with Gasteiger partial charge >= 0.3 is 0 Å². The Hall–Kier alpha value is -2.19. The molecule has 0 atom stereocenters. The zero-order valence-corrected chi connectivity index (χ0v) is 13.2. The summed E-state index contributed by atoms with van der Waals surface area (Å²) in [5, 5.41) is 12.2. The van der Waals surface area contributed by atoms with Crippen LogP contribution >= 0.6 is 22.7 Å². The van der Waals surface area contributed by atoms with Gasteiger partial charge in [0, 0.05) is 29.4 Å². The molecule has 2 N–H and O–H groups in total. The molecular formula is C14H13N5OS2. The number of thiazole rings is 2. The van der Waals surface area contributed by atoms with Crippen LogP contribution in [0.4, 0.5) is 5.13 Å². The quantitative estimate of drug-likeness (QED) is 0.770. The van der Waals surface area contributed by atoms with Gasteiger partial charge < -0.3 is 15.1 Å². The number of furan rings is 1. The molecule has 1 aliphatic heterocycles. The number of nitrogens with zero attached hydrogens (tertiary/aromatic N) is 3. The second-order valence-corrected chi connectivity index (χ2v) is 6.44. The minimum Gasteiger partial charge on any atom is -0.472 e. The van der Waals surface area contributed by atoms with Gasteiger partial charge in [-0.2, -0.15) is 0 Å². The first-order chi connectivity index (χ1) is 10.9. The van der Waals surface area contributed by atoms with Gasteiger partial charge in [-0.05, 0) is 12.5 Å². The van der Waals surface area contributed by atoms with Crippen LogP contribution in [0.3, 0.4) is 0 Å². The third-order valence-corrected chi connectivity index (χ3v) is 4.81. The number of nitrogens with one attached hydrogen (secondary N) is 2. The first-order valence-corrected chi connectivity index (χ1v) is 8.64. The fourth-order valence-electron chi connectivity index (χ4n) is 2.08. The predicted molar refractivity (Wildman–Crippen MR) is 89.5 cm³/mol. The lowest BCUT2D eigenvalue weighted by atomic mass is 10.3. The lowest BCUT2D eigenvalue weighted by molar-refractivity contribution is 0.568. The molecule has 3 aromatic rings. The van der Waals surface area contributed by atoms with Gasteiger partial charge in [0.05, 0.1) is 6.26 Å². The maximum absolute atomic E-state index is 5.10. The number of anilines is 1. The van der Waals surface area contributed by atoms with E-state index in [0.717, 1.165) is 52.6 Å². The van der Waals surface area contributed by atoms with Crippen LogP contribution in [0.25, 0.3) is 22.0 Å². The number of hydrogen-bond donors (Lipinski definition) is 2. The molecule has 0 fully saturated rings. The van der Waals surface area contributed by atoms with Crippen LogP contribution in [0.2, 0.25) is 0 Å². The molecule has 6 nitrogen and oxygen atoms in total. The average Bonchev–Trinajstić information content (AvgIpc) is 3.29. The Kier molecular flexibility index (Phi) is 3.61. The van der Waals surface area contributed by atoms with E-state index >= 15 is 0 Å². The highest BCUT2D eigenvalue weighted by molar-refractivity contribution is 7.14. The van der Waals surface area contributed by atoms with Crippen LogP contribution in [0.1, 0.15) is 6.42 Å². The van der Waals surface area contributed by atoms with Gasteiger partial charge in [-0.15, -0.1) is 22.7 Å². The third kappa shape index (κ3) is 2.75. The highest BCUT2D eigenvalue weighted by Gasteiger charge is 2.12. The molecule has 0 saturated carbocycles. The Morgan fingerprint density at radius 2 is 2.09 bits per heavy atom. The maximum Gasteiger partial charge on any atom is 0.197 e. The topological polar surface area (TPSA) is 75.3 Å². The van der Waals surface area contributed by atoms with Crippen molar-refractivity contribution in [2.45, 2.75) is 6.42 Å². The SMILES string of the molecule is c1cc(-c2nc(-c3csc(NC4=NCCCN4)n3)cs2)co1. The van der Waals surface area contributed by atoms with Crippen molar-refractivity contribution in [3.05, 3.63) is 29.4 Å². The Labute approximate surface area is 135 Å². The first kappa shape index (κ1) is 13.5. The van der Waals surface area contributed by atoms with Crippen molar-refractivity contribution in [3.63, 3.8) is 0 Å². The second kappa shape index (κ2) is 5.90. The number of aliphatic imine (C=N–C) groups is 1. The maximum atomic E-state index is 5.10. The predicted octanol–water partition coefficient (Wildman–Crippen LogP) is 3.29. The van der Waals surface area contributed by atoms with Crippen molar-refractivity contribution in [1.29, 1.82) is 0 Å². The molecule has 22 heavy (non-hydrogen) atoms. The number of rotatable bonds is 3. The molecule has 4 rings (SSSR count). The van der Waals surface area contributed by atoms with Gasteiger partial charge in [-0.3, -0.25) is 4.99 Å². The van der Waals surface area contributed by atoms with E-state index in [2.05, 4.69) is 25.6 Å². The van der Waals surface area contributed by atoms with Gasteiger partial charge in [-0.1, -0.05) is 0 Å². The van der Waals surface area contributed by atoms with Crippen LogP contribution in [-0.2, 0) is 0 Å². The lowest BCUT2D eigenvalue weighted by Gasteiger charge is -2.13. The minimum absolute atomic E-state index is 0.796. The van der Waals surface area contributed by atoms with Crippen molar-refractivity contribution in [3.8, 4) is 22.0 Å². The Balaban J connectivity index is 1.53. The molecule has 4 heterocycles. The summed E-state index contributed by atoms with van der Waals surface area (Å²) in [7, 11) is 0. The van der Waals surface area contributed by atoms with E-state index in [1.807, 2.05) is 16.8 Å². The summed E-state index contributed by atoms with van der Waals surface area (Å²) in [5.74, 6) is 0.796. The molecular weight excluding hydrogens is 318 g/mol. The van der Waals surface area contributed by atoms with E-state index in [1.54, 1.807) is 35.2 Å². The van der Waals surface area contributed by atoms with E-state index in [-0.39, 0.29) is 0 Å². The molecule has 0 amide bonds. The van der Waals surface area contributed by atoms with Crippen molar-refractivity contribution >= 4 is 33.8 Å². The molecule has 0 bridgehead atoms. The lowest BCUT2D eigenvalue weighted by Crippen LogP contribution is -2.35. The first-order valence-electron chi connectivity index (χ1n) is 6.88. The van der Waals surface area contributed by atoms with Gasteiger partial charge in [-0.25, -0.2) is 9.97 Å². The zero-order chi connectivity index (χ0) is 14.8. The summed E-state index contributed by atoms with van der Waals surface area (Å²) in [6.07, 6.45) is 4.42. The van der Waals surface area contributed by atoms with Gasteiger partial charge in [0.15, 0.2) is 11.1 Å². The molecule has 0 saturated heterocycles. The van der Waals surface area contributed by atoms with Gasteiger partial charge in [0.25, 0.3) is 0 Å². The summed E-state index contributed by atoms with van der Waals surface area (Å²) in [4.78, 5) is 13.6. The van der Waals surface area contributed by atoms with E-state index in [1.165, 1.54) is 0 Å². The fourth-order valence-corrected chi connectivity index (χ4v) is 3.58. The van der Waals surface area contributed by atoms with E-state index in [0.29, 0.717) is 0 Å². The van der Waals surface area contributed by atoms with Crippen molar-refractivity contribution in [2.75, 3.05) is 18.4 Å². The molecule has 0 spiro atoms. The van der Waals surface area contributed by atoms with Crippen LogP contribution in [0, 0.1) is 0 Å². The van der Waals surface area contributed by atoms with Crippen LogP contribution < -0.4 is 10.6 Å². The van der Waals surface area contributed by atoms with Crippen LogP contribution in [0.5, 0.6) is 0 Å². The van der Waals surface area contributed by atoms with Crippen molar-refractivity contribution < 1.29 is 4.42 Å². The Bertz CT molecular complexity index is 790. The second-order valence-electron chi connectivity index (χ2n) is 4.72. The Morgan fingerprint density at radius 1 is 1.18 bits per heavy atom. The number of hydrogen-bond acceptors (Lipinski definition) is 8. The molecule has 0 radical (unpaired) electrons. The van der Waals surface area contributed by atoms with E-state index < -0.39 is 0 Å². The van der Waals surface area contributed by atoms with Crippen molar-refractivity contribution in [1.82, 2.24) is 15.3 Å². The zero-order valence-electron chi connectivity index (χ0n) is 11.6. The molecule has 112 valence electrons. The summed E-state index contributed by atoms with van der Waals surface area (Å²) in [6.45, 7) is 1.80. The number of guanidine groups is 1. The number of aromatic nitrogens is 2.